The largest absolute Gasteiger partial charge is 0.454 e. The van der Waals surface area contributed by atoms with E-state index in [1.165, 1.54) is 84.5 Å². The van der Waals surface area contributed by atoms with Crippen molar-refractivity contribution in [3.05, 3.63) is 167 Å². The molecular weight excluding hydrogens is 814 g/mol. The Morgan fingerprint density at radius 3 is 1.76 bits per heavy atom. The van der Waals surface area contributed by atoms with Crippen molar-refractivity contribution in [3.63, 3.8) is 0 Å². The monoisotopic (exact) mass is 875 g/mol. The first-order chi connectivity index (χ1) is 31.8. The molecule has 0 amide bonds. The zero-order valence-electron chi connectivity index (χ0n) is 41.4. The van der Waals surface area contributed by atoms with Gasteiger partial charge in [-0.2, -0.15) is 0 Å². The third-order valence-corrected chi connectivity index (χ3v) is 15.9. The van der Waals surface area contributed by atoms with Gasteiger partial charge in [-0.3, -0.25) is 0 Å². The lowest BCUT2D eigenvalue weighted by Crippen LogP contribution is -2.60. The summed E-state index contributed by atoms with van der Waals surface area (Å²) in [7, 11) is 0. The molecule has 0 saturated carbocycles. The molecule has 0 atom stereocenters. The molecule has 3 aliphatic rings. The zero-order chi connectivity index (χ0) is 46.7. The molecule has 0 unspecified atom stereocenters. The van der Waals surface area contributed by atoms with Crippen LogP contribution in [0.5, 0.6) is 0 Å². The summed E-state index contributed by atoms with van der Waals surface area (Å²) in [5.74, 6) is 0. The number of nitrogens with zero attached hydrogens (tertiary/aromatic N) is 3. The normalized spacial score (nSPS) is 15.8. The standard InChI is InChI=1S/C62H62BN3O/c1-37-32-52-55-53(33-37)66-56-45(58-57(66)44-16-13-14-19-54(44)67-58)17-15-18-49(56)63(55)48-29-28-43(35-51(48)65(52)50-36-47-46(34-38(50)2)61(9,10)30-31-62(47,11)12)64(41-24-20-39(21-25-41)59(3,4)5)42-26-22-40(23-27-42)60(6,7)8/h13-29,32-36H,30-31H2,1-12H3. The SMILES string of the molecule is Cc1cc2c3c(c1)-n1c4c(cccc4c4oc5ccccc5c41)B3c1ccc(N(c3ccc(C(C)(C)C)cc3)c3ccc(C(C)(C)C)cc3)cc1N2c1cc2c(cc1C)C(C)(C)CCC2(C)C. The molecule has 0 saturated heterocycles. The first kappa shape index (κ1) is 41.9. The van der Waals surface area contributed by atoms with Gasteiger partial charge in [-0.25, -0.2) is 0 Å². The second-order valence-electron chi connectivity index (χ2n) is 23.5. The Labute approximate surface area is 397 Å². The van der Waals surface area contributed by atoms with E-state index in [9.17, 15) is 0 Å². The first-order valence-corrected chi connectivity index (χ1v) is 24.5. The summed E-state index contributed by atoms with van der Waals surface area (Å²) in [6.45, 7) is 28.2. The van der Waals surface area contributed by atoms with Crippen LogP contribution in [0.3, 0.4) is 0 Å². The van der Waals surface area contributed by atoms with Crippen LogP contribution in [0.15, 0.2) is 138 Å². The van der Waals surface area contributed by atoms with Crippen molar-refractivity contribution >= 4 is 90.2 Å². The van der Waals surface area contributed by atoms with Gasteiger partial charge in [0.15, 0.2) is 5.58 Å². The van der Waals surface area contributed by atoms with Crippen molar-refractivity contribution < 1.29 is 4.42 Å². The quantitative estimate of drug-likeness (QED) is 0.165. The Morgan fingerprint density at radius 1 is 0.537 bits per heavy atom. The predicted molar refractivity (Wildman–Crippen MR) is 287 cm³/mol. The summed E-state index contributed by atoms with van der Waals surface area (Å²) < 4.78 is 9.34. The van der Waals surface area contributed by atoms with Crippen molar-refractivity contribution in [1.29, 1.82) is 0 Å². The lowest BCUT2D eigenvalue weighted by molar-refractivity contribution is 0.332. The molecule has 67 heavy (non-hydrogen) atoms. The van der Waals surface area contributed by atoms with E-state index in [4.69, 9.17) is 4.42 Å². The van der Waals surface area contributed by atoms with Gasteiger partial charge < -0.3 is 18.8 Å². The van der Waals surface area contributed by atoms with E-state index in [0.717, 1.165) is 50.9 Å². The van der Waals surface area contributed by atoms with Gasteiger partial charge in [0.1, 0.15) is 11.1 Å². The van der Waals surface area contributed by atoms with Crippen molar-refractivity contribution in [2.75, 3.05) is 9.80 Å². The van der Waals surface area contributed by atoms with Crippen LogP contribution < -0.4 is 26.2 Å². The summed E-state index contributed by atoms with van der Waals surface area (Å²) in [4.78, 5) is 5.11. The van der Waals surface area contributed by atoms with Gasteiger partial charge in [0.25, 0.3) is 6.71 Å². The number of anilines is 6. The lowest BCUT2D eigenvalue weighted by atomic mass is 9.33. The molecule has 12 rings (SSSR count). The fourth-order valence-electron chi connectivity index (χ4n) is 12.0. The van der Waals surface area contributed by atoms with Crippen molar-refractivity contribution in [3.8, 4) is 5.69 Å². The van der Waals surface area contributed by atoms with E-state index < -0.39 is 0 Å². The highest BCUT2D eigenvalue weighted by Crippen LogP contribution is 2.51. The molecule has 0 spiro atoms. The van der Waals surface area contributed by atoms with Gasteiger partial charge in [-0.05, 0) is 171 Å². The van der Waals surface area contributed by atoms with E-state index in [-0.39, 0.29) is 28.4 Å². The van der Waals surface area contributed by atoms with Gasteiger partial charge in [0, 0.05) is 50.6 Å². The van der Waals surface area contributed by atoms with Crippen LogP contribution >= 0.6 is 0 Å². The molecule has 0 N–H and O–H groups in total. The van der Waals surface area contributed by atoms with Crippen molar-refractivity contribution in [1.82, 2.24) is 4.57 Å². The third-order valence-electron chi connectivity index (χ3n) is 15.9. The maximum atomic E-state index is 6.80. The van der Waals surface area contributed by atoms with Gasteiger partial charge in [-0.1, -0.05) is 130 Å². The van der Waals surface area contributed by atoms with Crippen LogP contribution in [0.2, 0.25) is 0 Å². The Morgan fingerprint density at radius 2 is 1.12 bits per heavy atom. The molecule has 0 radical (unpaired) electrons. The zero-order valence-corrected chi connectivity index (χ0v) is 41.4. The predicted octanol–water partition coefficient (Wildman–Crippen LogP) is 15.2. The molecule has 5 heteroatoms. The average Bonchev–Trinajstić information content (AvgIpc) is 3.82. The van der Waals surface area contributed by atoms with E-state index in [2.05, 4.69) is 231 Å². The third kappa shape index (κ3) is 6.19. The van der Waals surface area contributed by atoms with E-state index in [1.807, 2.05) is 0 Å². The number of hydrogen-bond acceptors (Lipinski definition) is 3. The fourth-order valence-corrected chi connectivity index (χ4v) is 12.0. The van der Waals surface area contributed by atoms with Crippen LogP contribution in [0.25, 0.3) is 38.7 Å². The van der Waals surface area contributed by atoms with Crippen LogP contribution in [-0.2, 0) is 21.7 Å². The second-order valence-corrected chi connectivity index (χ2v) is 23.5. The molecule has 2 aliphatic heterocycles. The first-order valence-electron chi connectivity index (χ1n) is 24.5. The summed E-state index contributed by atoms with van der Waals surface area (Å²) in [5.41, 5.74) is 25.0. The summed E-state index contributed by atoms with van der Waals surface area (Å²) in [6.07, 6.45) is 2.34. The highest BCUT2D eigenvalue weighted by atomic mass is 16.3. The Hall–Kier alpha value is -6.46. The summed E-state index contributed by atoms with van der Waals surface area (Å²) >= 11 is 0. The molecule has 334 valence electrons. The lowest BCUT2D eigenvalue weighted by Gasteiger charge is -2.45. The average molecular weight is 876 g/mol. The van der Waals surface area contributed by atoms with E-state index >= 15 is 0 Å². The molecule has 2 aromatic heterocycles. The van der Waals surface area contributed by atoms with Gasteiger partial charge in [0.05, 0.1) is 5.52 Å². The molecule has 4 nitrogen and oxygen atoms in total. The van der Waals surface area contributed by atoms with Crippen LogP contribution in [0.4, 0.5) is 34.1 Å². The number of aryl methyl sites for hydroxylation is 2. The molecule has 7 aromatic carbocycles. The smallest absolute Gasteiger partial charge is 0.252 e. The number of benzene rings is 7. The van der Waals surface area contributed by atoms with Gasteiger partial charge in [-0.15, -0.1) is 0 Å². The number of para-hydroxylation sites is 2. The minimum Gasteiger partial charge on any atom is -0.454 e. The molecule has 4 heterocycles. The number of hydrogen-bond donors (Lipinski definition) is 0. The summed E-state index contributed by atoms with van der Waals surface area (Å²) in [5, 5.41) is 2.31. The molecule has 0 bridgehead atoms. The number of aromatic nitrogens is 1. The topological polar surface area (TPSA) is 24.6 Å². The van der Waals surface area contributed by atoms with Gasteiger partial charge in [0.2, 0.25) is 0 Å². The maximum Gasteiger partial charge on any atom is 0.252 e. The molecule has 0 fully saturated rings. The minimum atomic E-state index is 0.00580. The van der Waals surface area contributed by atoms with E-state index in [1.54, 1.807) is 0 Å². The second kappa shape index (κ2) is 14.0. The highest BCUT2D eigenvalue weighted by molar-refractivity contribution is 7.00. The fraction of sp³-hybridized carbons (Fsp3) is 0.290. The van der Waals surface area contributed by atoms with Gasteiger partial charge >= 0.3 is 0 Å². The highest BCUT2D eigenvalue weighted by Gasteiger charge is 2.45. The number of rotatable bonds is 4. The summed E-state index contributed by atoms with van der Waals surface area (Å²) in [6, 6.07) is 51.3. The van der Waals surface area contributed by atoms with Crippen molar-refractivity contribution in [2.45, 2.75) is 118 Å². The maximum absolute atomic E-state index is 6.80. The Kier molecular flexibility index (Phi) is 8.79. The van der Waals surface area contributed by atoms with Crippen LogP contribution in [0, 0.1) is 13.8 Å². The molecular formula is C62H62BN3O. The Balaban J connectivity index is 1.17. The minimum absolute atomic E-state index is 0.00580. The van der Waals surface area contributed by atoms with Crippen LogP contribution in [0.1, 0.15) is 115 Å². The number of fused-ring (bicyclic) bond motifs is 10. The Bertz CT molecular complexity index is 3460. The molecule has 9 aromatic rings. The molecule has 1 aliphatic carbocycles. The van der Waals surface area contributed by atoms with E-state index in [0.29, 0.717) is 0 Å². The van der Waals surface area contributed by atoms with Crippen LogP contribution in [-0.4, -0.2) is 11.3 Å². The number of furan rings is 1. The van der Waals surface area contributed by atoms with Crippen molar-refractivity contribution in [2.24, 2.45) is 0 Å².